The van der Waals surface area contributed by atoms with Crippen LogP contribution in [0.25, 0.3) is 11.2 Å². The predicted octanol–water partition coefficient (Wildman–Crippen LogP) is -1.10. The Morgan fingerprint density at radius 2 is 1.88 bits per heavy atom. The van der Waals surface area contributed by atoms with Crippen molar-refractivity contribution >= 4 is 23.0 Å². The van der Waals surface area contributed by atoms with Gasteiger partial charge in [0, 0.05) is 19.1 Å². The number of aliphatic hydroxyl groups excluding tert-OH is 2. The van der Waals surface area contributed by atoms with Gasteiger partial charge in [-0.15, -0.1) is 0 Å². The van der Waals surface area contributed by atoms with E-state index in [0.717, 1.165) is 6.42 Å². The molecule has 190 valence electrons. The minimum Gasteiger partial charge on any atom is -0.480 e. The Kier molecular flexibility index (Phi) is 8.73. The van der Waals surface area contributed by atoms with E-state index in [1.54, 1.807) is 0 Å². The van der Waals surface area contributed by atoms with E-state index in [2.05, 4.69) is 28.8 Å². The molecule has 1 aliphatic rings. The third kappa shape index (κ3) is 6.17. The van der Waals surface area contributed by atoms with Crippen molar-refractivity contribution in [1.82, 2.24) is 24.4 Å². The first kappa shape index (κ1) is 26.2. The van der Waals surface area contributed by atoms with Gasteiger partial charge < -0.3 is 42.2 Å². The lowest BCUT2D eigenvalue weighted by Gasteiger charge is -2.28. The summed E-state index contributed by atoms with van der Waals surface area (Å²) in [6.45, 7) is 5.43. The van der Waals surface area contributed by atoms with Crippen molar-refractivity contribution in [3.05, 3.63) is 12.7 Å². The number of fused-ring (bicyclic) bond motifs is 1. The molecule has 2 aromatic rings. The second-order valence-corrected chi connectivity index (χ2v) is 9.34. The van der Waals surface area contributed by atoms with Crippen LogP contribution in [0.4, 0.5) is 5.82 Å². The van der Waals surface area contributed by atoms with E-state index in [4.69, 9.17) is 27.0 Å². The number of aliphatic hydroxyl groups is 2. The quantitative estimate of drug-likeness (QED) is 0.213. The summed E-state index contributed by atoms with van der Waals surface area (Å²) in [4.78, 5) is 25.4. The summed E-state index contributed by atoms with van der Waals surface area (Å²) in [7, 11) is 0. The van der Waals surface area contributed by atoms with Gasteiger partial charge in [0.25, 0.3) is 0 Å². The third-order valence-electron chi connectivity index (χ3n) is 6.10. The van der Waals surface area contributed by atoms with Gasteiger partial charge in [0.15, 0.2) is 17.7 Å². The molecule has 1 saturated heterocycles. The Labute approximate surface area is 197 Å². The van der Waals surface area contributed by atoms with Crippen molar-refractivity contribution in [2.75, 3.05) is 25.4 Å². The highest BCUT2D eigenvalue weighted by Gasteiger charge is 2.44. The Morgan fingerprint density at radius 1 is 1.18 bits per heavy atom. The van der Waals surface area contributed by atoms with Crippen LogP contribution in [-0.4, -0.2) is 95.7 Å². The van der Waals surface area contributed by atoms with E-state index in [1.165, 1.54) is 17.2 Å². The Morgan fingerprint density at radius 3 is 2.56 bits per heavy atom. The fourth-order valence-electron chi connectivity index (χ4n) is 4.23. The number of hydrogen-bond donors (Lipinski definition) is 6. The number of carboxylic acids is 1. The van der Waals surface area contributed by atoms with Gasteiger partial charge in [-0.25, -0.2) is 15.0 Å². The molecule has 1 fully saturated rings. The molecule has 13 heteroatoms. The Balaban J connectivity index is 1.71. The molecular weight excluding hydrogens is 444 g/mol. The van der Waals surface area contributed by atoms with Gasteiger partial charge in [-0.2, -0.15) is 0 Å². The molecule has 13 nitrogen and oxygen atoms in total. The van der Waals surface area contributed by atoms with Crippen LogP contribution in [0.1, 0.15) is 39.3 Å². The minimum absolute atomic E-state index is 0.00846. The number of hydrogen-bond acceptors (Lipinski definition) is 11. The number of carboxylic acid groups (broad SMARTS) is 1. The van der Waals surface area contributed by atoms with Crippen molar-refractivity contribution in [1.29, 1.82) is 0 Å². The number of rotatable bonds is 12. The maximum absolute atomic E-state index is 11.2. The van der Waals surface area contributed by atoms with Crippen LogP contribution in [0, 0.1) is 5.92 Å². The van der Waals surface area contributed by atoms with Crippen molar-refractivity contribution in [2.45, 2.75) is 69.7 Å². The summed E-state index contributed by atoms with van der Waals surface area (Å²) in [5, 5.41) is 30.6. The van der Waals surface area contributed by atoms with Crippen molar-refractivity contribution in [3.63, 3.8) is 0 Å². The summed E-state index contributed by atoms with van der Waals surface area (Å²) >= 11 is 0. The van der Waals surface area contributed by atoms with Gasteiger partial charge in [-0.3, -0.25) is 9.36 Å². The molecule has 0 saturated carbocycles. The molecule has 34 heavy (non-hydrogen) atoms. The standard InChI is InChI=1S/C21H36N8O5/c1-11(2)7-12(22)3-5-28(6-4-13(23)21(32)33)8-14-16(30)17(31)20(34-14)29-10-27-15-18(24)25-9-26-19(15)29/h9-14,16-17,20,30-31H,3-8,22-23H2,1-2H3,(H,32,33)(H2,24,25,26)/t12?,13?,14-,16-,17-,20-/m1/s1. The smallest absolute Gasteiger partial charge is 0.320 e. The van der Waals surface area contributed by atoms with E-state index >= 15 is 0 Å². The zero-order valence-electron chi connectivity index (χ0n) is 19.6. The average Bonchev–Trinajstić information content (AvgIpc) is 3.32. The number of aliphatic carboxylic acids is 1. The first-order valence-corrected chi connectivity index (χ1v) is 11.5. The molecule has 0 aromatic carbocycles. The molecule has 9 N–H and O–H groups in total. The zero-order chi connectivity index (χ0) is 25.0. The topological polar surface area (TPSA) is 212 Å². The normalized spacial score (nSPS) is 24.8. The summed E-state index contributed by atoms with van der Waals surface area (Å²) in [5.41, 5.74) is 18.5. The average molecular weight is 481 g/mol. The summed E-state index contributed by atoms with van der Waals surface area (Å²) in [5.74, 6) is -0.410. The number of carbonyl (C=O) groups is 1. The highest BCUT2D eigenvalue weighted by atomic mass is 16.6. The number of ether oxygens (including phenoxy) is 1. The van der Waals surface area contributed by atoms with Gasteiger partial charge in [-0.1, -0.05) is 13.8 Å². The lowest BCUT2D eigenvalue weighted by molar-refractivity contribution is -0.138. The van der Waals surface area contributed by atoms with Crippen LogP contribution in [0.3, 0.4) is 0 Å². The molecule has 0 aliphatic carbocycles. The van der Waals surface area contributed by atoms with Crippen LogP contribution >= 0.6 is 0 Å². The number of imidazole rings is 1. The number of nitrogens with zero attached hydrogens (tertiary/aromatic N) is 5. The maximum atomic E-state index is 11.2. The zero-order valence-corrected chi connectivity index (χ0v) is 19.6. The fourth-order valence-corrected chi connectivity index (χ4v) is 4.23. The van der Waals surface area contributed by atoms with E-state index in [9.17, 15) is 15.0 Å². The van der Waals surface area contributed by atoms with E-state index in [-0.39, 0.29) is 24.8 Å². The SMILES string of the molecule is CC(C)CC(N)CCN(CCC(N)C(=O)O)C[C@H]1O[C@@H](n2cnc3c(N)ncnc32)[C@H](O)[C@@H]1O. The molecule has 0 amide bonds. The lowest BCUT2D eigenvalue weighted by Crippen LogP contribution is -2.43. The molecule has 6 atom stereocenters. The van der Waals surface area contributed by atoms with Crippen molar-refractivity contribution in [3.8, 4) is 0 Å². The van der Waals surface area contributed by atoms with Crippen LogP contribution in [0.5, 0.6) is 0 Å². The van der Waals surface area contributed by atoms with Gasteiger partial charge in [0.2, 0.25) is 0 Å². The first-order chi connectivity index (χ1) is 16.1. The molecular formula is C21H36N8O5. The van der Waals surface area contributed by atoms with E-state index in [0.29, 0.717) is 36.6 Å². The number of anilines is 1. The minimum atomic E-state index is -1.23. The van der Waals surface area contributed by atoms with Crippen LogP contribution in [0.2, 0.25) is 0 Å². The van der Waals surface area contributed by atoms with Crippen LogP contribution in [0.15, 0.2) is 12.7 Å². The lowest BCUT2D eigenvalue weighted by atomic mass is 10.0. The fraction of sp³-hybridized carbons (Fsp3) is 0.714. The van der Waals surface area contributed by atoms with Gasteiger partial charge in [0.05, 0.1) is 6.33 Å². The van der Waals surface area contributed by atoms with Gasteiger partial charge >= 0.3 is 5.97 Å². The molecule has 1 aliphatic heterocycles. The third-order valence-corrected chi connectivity index (χ3v) is 6.10. The summed E-state index contributed by atoms with van der Waals surface area (Å²) in [6, 6.07) is -1.01. The highest BCUT2D eigenvalue weighted by molar-refractivity contribution is 5.81. The monoisotopic (exact) mass is 480 g/mol. The molecule has 0 radical (unpaired) electrons. The Bertz CT molecular complexity index is 956. The van der Waals surface area contributed by atoms with Gasteiger partial charge in [-0.05, 0) is 31.7 Å². The molecule has 0 bridgehead atoms. The second kappa shape index (κ2) is 11.3. The largest absolute Gasteiger partial charge is 0.480 e. The first-order valence-electron chi connectivity index (χ1n) is 11.5. The van der Waals surface area contributed by atoms with Crippen LogP contribution in [-0.2, 0) is 9.53 Å². The maximum Gasteiger partial charge on any atom is 0.320 e. The van der Waals surface area contributed by atoms with Crippen LogP contribution < -0.4 is 17.2 Å². The van der Waals surface area contributed by atoms with Crippen molar-refractivity contribution < 1.29 is 24.9 Å². The number of aromatic nitrogens is 4. The molecule has 3 rings (SSSR count). The predicted molar refractivity (Wildman–Crippen MR) is 124 cm³/mol. The highest BCUT2D eigenvalue weighted by Crippen LogP contribution is 2.32. The summed E-state index contributed by atoms with van der Waals surface area (Å²) in [6.07, 6.45) is 0.441. The molecule has 3 heterocycles. The molecule has 0 spiro atoms. The number of nitrogen functional groups attached to an aromatic ring is 1. The van der Waals surface area contributed by atoms with Gasteiger partial charge in [0.1, 0.15) is 36.2 Å². The molecule has 2 aromatic heterocycles. The molecule has 2 unspecified atom stereocenters. The van der Waals surface area contributed by atoms with Crippen molar-refractivity contribution in [2.24, 2.45) is 17.4 Å². The number of nitrogens with two attached hydrogens (primary N) is 3. The second-order valence-electron chi connectivity index (χ2n) is 9.34. The summed E-state index contributed by atoms with van der Waals surface area (Å²) < 4.78 is 7.55. The van der Waals surface area contributed by atoms with E-state index in [1.807, 2.05) is 4.90 Å². The Hall–Kier alpha value is -2.42. The van der Waals surface area contributed by atoms with E-state index < -0.39 is 36.6 Å².